The summed E-state index contributed by atoms with van der Waals surface area (Å²) in [6.45, 7) is -2.79. The summed E-state index contributed by atoms with van der Waals surface area (Å²) in [6.07, 6.45) is 0. The van der Waals surface area contributed by atoms with Gasteiger partial charge in [0.25, 0.3) is 0 Å². The fourth-order valence-corrected chi connectivity index (χ4v) is 1.28. The third-order valence-electron chi connectivity index (χ3n) is 1.38. The maximum Gasteiger partial charge on any atom is 0.387 e. The summed E-state index contributed by atoms with van der Waals surface area (Å²) in [6, 6.07) is 5.37. The molecule has 0 amide bonds. The second kappa shape index (κ2) is 5.87. The fourth-order valence-electron chi connectivity index (χ4n) is 0.835. The zero-order valence-electron chi connectivity index (χ0n) is 7.80. The number of alkyl halides is 2. The highest BCUT2D eigenvalue weighted by atomic mass is 79.9. The van der Waals surface area contributed by atoms with Gasteiger partial charge in [-0.15, -0.1) is 0 Å². The van der Waals surface area contributed by atoms with Crippen LogP contribution in [0.4, 0.5) is 8.78 Å². The quantitative estimate of drug-likeness (QED) is 0.777. The minimum Gasteiger partial charge on any atom is -0.466 e. The molecule has 3 nitrogen and oxygen atoms in total. The molecule has 0 spiro atoms. The molecule has 6 heteroatoms. The Morgan fingerprint density at radius 1 is 1.47 bits per heavy atom. The van der Waals surface area contributed by atoms with Gasteiger partial charge in [-0.1, -0.05) is 0 Å². The van der Waals surface area contributed by atoms with E-state index in [0.29, 0.717) is 10.2 Å². The number of halogens is 3. The van der Waals surface area contributed by atoms with Crippen LogP contribution in [0.3, 0.4) is 0 Å². The second-order valence-corrected chi connectivity index (χ2v) is 3.22. The van der Waals surface area contributed by atoms with E-state index in [2.05, 4.69) is 31.5 Å². The first-order valence-corrected chi connectivity index (χ1v) is 4.71. The van der Waals surface area contributed by atoms with Gasteiger partial charge in [0.15, 0.2) is 6.79 Å². The molecule has 15 heavy (non-hydrogen) atoms. The van der Waals surface area contributed by atoms with E-state index in [9.17, 15) is 8.78 Å². The highest BCUT2D eigenvalue weighted by Crippen LogP contribution is 2.29. The van der Waals surface area contributed by atoms with Crippen LogP contribution in [0.25, 0.3) is 0 Å². The van der Waals surface area contributed by atoms with Crippen molar-refractivity contribution in [2.45, 2.75) is 6.61 Å². The molecular weight excluding hydrogens is 274 g/mol. The Hall–Kier alpha value is -0.880. The Morgan fingerprint density at radius 2 is 2.20 bits per heavy atom. The van der Waals surface area contributed by atoms with Gasteiger partial charge in [0.2, 0.25) is 0 Å². The molecule has 0 unspecified atom stereocenters. The van der Waals surface area contributed by atoms with Crippen LogP contribution in [0.1, 0.15) is 0 Å². The van der Waals surface area contributed by atoms with Gasteiger partial charge in [-0.2, -0.15) is 8.78 Å². The van der Waals surface area contributed by atoms with E-state index in [4.69, 9.17) is 4.74 Å². The SMILES string of the molecule is COCOc1ccc(OC(F)F)[c]c1Br. The largest absolute Gasteiger partial charge is 0.466 e. The number of rotatable bonds is 5. The van der Waals surface area contributed by atoms with Crippen molar-refractivity contribution in [2.75, 3.05) is 13.9 Å². The highest BCUT2D eigenvalue weighted by molar-refractivity contribution is 9.10. The molecule has 0 fully saturated rings. The lowest BCUT2D eigenvalue weighted by atomic mass is 10.3. The summed E-state index contributed by atoms with van der Waals surface area (Å²) < 4.78 is 38.0. The lowest BCUT2D eigenvalue weighted by molar-refractivity contribution is -0.0501. The smallest absolute Gasteiger partial charge is 0.387 e. The van der Waals surface area contributed by atoms with Crippen molar-refractivity contribution in [3.63, 3.8) is 0 Å². The maximum atomic E-state index is 11.8. The molecule has 1 rings (SSSR count). The molecule has 1 radical (unpaired) electrons. The normalized spacial score (nSPS) is 10.5. The molecule has 0 atom stereocenters. The van der Waals surface area contributed by atoms with Gasteiger partial charge in [-0.3, -0.25) is 0 Å². The molecule has 83 valence electrons. The van der Waals surface area contributed by atoms with Crippen molar-refractivity contribution in [3.05, 3.63) is 22.7 Å². The summed E-state index contributed by atoms with van der Waals surface area (Å²) in [5.74, 6) is 0.389. The lowest BCUT2D eigenvalue weighted by Gasteiger charge is -2.08. The van der Waals surface area contributed by atoms with Crippen molar-refractivity contribution in [1.82, 2.24) is 0 Å². The fraction of sp³-hybridized carbons (Fsp3) is 0.333. The monoisotopic (exact) mass is 281 g/mol. The Kier molecular flexibility index (Phi) is 4.77. The van der Waals surface area contributed by atoms with Crippen LogP contribution in [0.15, 0.2) is 16.6 Å². The predicted molar refractivity (Wildman–Crippen MR) is 52.1 cm³/mol. The van der Waals surface area contributed by atoms with Crippen LogP contribution in [-0.2, 0) is 4.74 Å². The zero-order chi connectivity index (χ0) is 11.3. The highest BCUT2D eigenvalue weighted by Gasteiger charge is 2.08. The minimum absolute atomic E-state index is 0.0540. The van der Waals surface area contributed by atoms with E-state index < -0.39 is 6.61 Å². The summed E-state index contributed by atoms with van der Waals surface area (Å²) in [4.78, 5) is 0. The van der Waals surface area contributed by atoms with Crippen LogP contribution in [-0.4, -0.2) is 20.5 Å². The average molecular weight is 282 g/mol. The average Bonchev–Trinajstić information content (AvgIpc) is 2.15. The molecule has 0 saturated carbocycles. The third kappa shape index (κ3) is 4.01. The zero-order valence-corrected chi connectivity index (χ0v) is 9.38. The Labute approximate surface area is 94.1 Å². The van der Waals surface area contributed by atoms with Crippen molar-refractivity contribution in [1.29, 1.82) is 0 Å². The first-order valence-electron chi connectivity index (χ1n) is 3.92. The van der Waals surface area contributed by atoms with Crippen molar-refractivity contribution in [2.24, 2.45) is 0 Å². The molecule has 0 N–H and O–H groups in total. The van der Waals surface area contributed by atoms with Crippen molar-refractivity contribution < 1.29 is 23.0 Å². The van der Waals surface area contributed by atoms with Gasteiger partial charge in [-0.05, 0) is 28.1 Å². The van der Waals surface area contributed by atoms with Gasteiger partial charge in [0.1, 0.15) is 11.5 Å². The van der Waals surface area contributed by atoms with Gasteiger partial charge >= 0.3 is 6.61 Å². The van der Waals surface area contributed by atoms with E-state index >= 15 is 0 Å². The summed E-state index contributed by atoms with van der Waals surface area (Å²) in [5.41, 5.74) is 0. The molecule has 0 heterocycles. The summed E-state index contributed by atoms with van der Waals surface area (Å²) in [5, 5.41) is 0. The molecule has 1 aromatic carbocycles. The molecule has 0 aromatic heterocycles. The molecular formula is C9H8BrF2O3. The topological polar surface area (TPSA) is 27.7 Å². The van der Waals surface area contributed by atoms with E-state index in [1.54, 1.807) is 0 Å². The number of hydrogen-bond acceptors (Lipinski definition) is 3. The molecule has 0 bridgehead atoms. The van der Waals surface area contributed by atoms with Crippen LogP contribution < -0.4 is 9.47 Å². The molecule has 0 aliphatic rings. The maximum absolute atomic E-state index is 11.8. The van der Waals surface area contributed by atoms with E-state index in [-0.39, 0.29) is 12.5 Å². The van der Waals surface area contributed by atoms with Crippen molar-refractivity contribution >= 4 is 15.9 Å². The Morgan fingerprint density at radius 3 is 2.73 bits per heavy atom. The van der Waals surface area contributed by atoms with E-state index in [1.807, 2.05) is 0 Å². The second-order valence-electron chi connectivity index (χ2n) is 2.43. The van der Waals surface area contributed by atoms with Crippen LogP contribution in [0.5, 0.6) is 11.5 Å². The predicted octanol–water partition coefficient (Wildman–Crippen LogP) is 2.83. The van der Waals surface area contributed by atoms with Gasteiger partial charge in [0.05, 0.1) is 4.47 Å². The molecule has 0 aliphatic heterocycles. The minimum atomic E-state index is -2.86. The van der Waals surface area contributed by atoms with Gasteiger partial charge in [0, 0.05) is 13.2 Å². The number of hydrogen-bond donors (Lipinski definition) is 0. The molecule has 0 aliphatic carbocycles. The van der Waals surface area contributed by atoms with Gasteiger partial charge in [-0.25, -0.2) is 0 Å². The first-order chi connectivity index (χ1) is 7.13. The van der Waals surface area contributed by atoms with Crippen LogP contribution in [0.2, 0.25) is 0 Å². The number of methoxy groups -OCH3 is 1. The summed E-state index contributed by atoms with van der Waals surface area (Å²) >= 11 is 3.11. The van der Waals surface area contributed by atoms with E-state index in [0.717, 1.165) is 0 Å². The standard InChI is InChI=1S/C9H8BrF2O3/c1-13-5-14-8-3-2-6(4-7(8)10)15-9(11)12/h2-3,9H,5H2,1H3. The van der Waals surface area contributed by atoms with Gasteiger partial charge < -0.3 is 14.2 Å². The molecule has 0 saturated heterocycles. The van der Waals surface area contributed by atoms with Crippen molar-refractivity contribution in [3.8, 4) is 11.5 Å². The Bertz CT molecular complexity index is 320. The summed E-state index contributed by atoms with van der Waals surface area (Å²) in [7, 11) is 1.48. The third-order valence-corrected chi connectivity index (χ3v) is 1.97. The number of ether oxygens (including phenoxy) is 3. The Balaban J connectivity index is 2.69. The van der Waals surface area contributed by atoms with Crippen LogP contribution >= 0.6 is 15.9 Å². The van der Waals surface area contributed by atoms with Crippen LogP contribution in [0, 0.1) is 6.07 Å². The lowest BCUT2D eigenvalue weighted by Crippen LogP contribution is -2.03. The first kappa shape index (κ1) is 12.2. The number of benzene rings is 1. The van der Waals surface area contributed by atoms with E-state index in [1.165, 1.54) is 19.2 Å². The molecule has 1 aromatic rings.